The summed E-state index contributed by atoms with van der Waals surface area (Å²) in [5, 5.41) is 3.38. The topological polar surface area (TPSA) is 86.3 Å². The van der Waals surface area contributed by atoms with Crippen LogP contribution >= 0.6 is 11.3 Å². The molecule has 0 saturated carbocycles. The largest absolute Gasteiger partial charge is 0.493 e. The Labute approximate surface area is 191 Å². The number of methoxy groups -OCH3 is 3. The summed E-state index contributed by atoms with van der Waals surface area (Å²) in [5.41, 5.74) is 2.14. The predicted octanol–water partition coefficient (Wildman–Crippen LogP) is 3.59. The number of thiophene rings is 1. The molecule has 0 saturated heterocycles. The number of anilines is 1. The molecule has 0 atom stereocenters. The van der Waals surface area contributed by atoms with Crippen LogP contribution in [0.4, 0.5) is 5.00 Å². The fourth-order valence-electron chi connectivity index (χ4n) is 3.56. The van der Waals surface area contributed by atoms with Crippen molar-refractivity contribution in [2.24, 2.45) is 0 Å². The molecule has 0 spiro atoms. The molecule has 0 fully saturated rings. The van der Waals surface area contributed by atoms with Gasteiger partial charge in [-0.3, -0.25) is 4.79 Å². The third-order valence-corrected chi connectivity index (χ3v) is 6.21. The maximum Gasteiger partial charge on any atom is 0.341 e. The highest BCUT2D eigenvalue weighted by atomic mass is 32.1. The van der Waals surface area contributed by atoms with Crippen LogP contribution in [0.25, 0.3) is 6.08 Å². The van der Waals surface area contributed by atoms with Gasteiger partial charge in [0.05, 0.1) is 33.5 Å². The van der Waals surface area contributed by atoms with Gasteiger partial charge in [-0.1, -0.05) is 0 Å². The highest BCUT2D eigenvalue weighted by Gasteiger charge is 2.28. The second kappa shape index (κ2) is 10.5. The van der Waals surface area contributed by atoms with Crippen molar-refractivity contribution in [2.45, 2.75) is 19.9 Å². The van der Waals surface area contributed by atoms with Crippen molar-refractivity contribution < 1.29 is 28.5 Å². The first-order chi connectivity index (χ1) is 15.4. The number of benzene rings is 1. The highest BCUT2D eigenvalue weighted by Crippen LogP contribution is 2.39. The van der Waals surface area contributed by atoms with E-state index < -0.39 is 5.97 Å². The van der Waals surface area contributed by atoms with Crippen LogP contribution in [0.5, 0.6) is 17.2 Å². The lowest BCUT2D eigenvalue weighted by atomic mass is 10.0. The van der Waals surface area contributed by atoms with Gasteiger partial charge in [-0.2, -0.15) is 0 Å². The van der Waals surface area contributed by atoms with Crippen molar-refractivity contribution >= 4 is 34.3 Å². The van der Waals surface area contributed by atoms with Gasteiger partial charge in [-0.25, -0.2) is 4.79 Å². The first-order valence-corrected chi connectivity index (χ1v) is 11.0. The highest BCUT2D eigenvalue weighted by molar-refractivity contribution is 7.17. The van der Waals surface area contributed by atoms with Gasteiger partial charge < -0.3 is 29.2 Å². The van der Waals surface area contributed by atoms with Gasteiger partial charge in [0.1, 0.15) is 5.00 Å². The first-order valence-electron chi connectivity index (χ1n) is 10.2. The standard InChI is InChI=1S/C23H28N2O6S/c1-6-31-23(27)20-15-9-10-25(2)13-18(15)32-22(20)24-19(26)8-7-14-11-16(28-3)21(30-5)17(12-14)29-4/h7-8,11-12H,6,9-10,13H2,1-5H3,(H,24,26)/b8-7+. The van der Waals surface area contributed by atoms with Crippen molar-refractivity contribution in [1.82, 2.24) is 4.90 Å². The number of hydrogen-bond acceptors (Lipinski definition) is 8. The number of amides is 1. The molecular weight excluding hydrogens is 432 g/mol. The lowest BCUT2D eigenvalue weighted by Crippen LogP contribution is -2.26. The van der Waals surface area contributed by atoms with Gasteiger partial charge >= 0.3 is 5.97 Å². The van der Waals surface area contributed by atoms with E-state index in [1.165, 1.54) is 38.7 Å². The minimum Gasteiger partial charge on any atom is -0.493 e. The Kier molecular flexibility index (Phi) is 7.76. The van der Waals surface area contributed by atoms with E-state index in [0.717, 1.165) is 30.0 Å². The van der Waals surface area contributed by atoms with Crippen molar-refractivity contribution in [1.29, 1.82) is 0 Å². The third-order valence-electron chi connectivity index (χ3n) is 5.08. The number of esters is 1. The molecule has 3 rings (SSSR count). The number of nitrogens with one attached hydrogen (secondary N) is 1. The zero-order valence-electron chi connectivity index (χ0n) is 18.9. The monoisotopic (exact) mass is 460 g/mol. The van der Waals surface area contributed by atoms with Crippen LogP contribution in [0, 0.1) is 0 Å². The van der Waals surface area contributed by atoms with Gasteiger partial charge in [0.15, 0.2) is 11.5 Å². The number of rotatable bonds is 8. The normalized spacial score (nSPS) is 13.5. The van der Waals surface area contributed by atoms with Crippen molar-refractivity contribution in [3.63, 3.8) is 0 Å². The number of fused-ring (bicyclic) bond motifs is 1. The number of carbonyl (C=O) groups is 2. The molecule has 2 heterocycles. The Bertz CT molecular complexity index is 1000. The van der Waals surface area contributed by atoms with Crippen LogP contribution in [0.1, 0.15) is 33.3 Å². The second-order valence-corrected chi connectivity index (χ2v) is 8.30. The van der Waals surface area contributed by atoms with Crippen molar-refractivity contribution in [3.8, 4) is 17.2 Å². The van der Waals surface area contributed by atoms with Gasteiger partial charge in [-0.15, -0.1) is 11.3 Å². The molecule has 0 unspecified atom stereocenters. The van der Waals surface area contributed by atoms with Crippen LogP contribution in [0.2, 0.25) is 0 Å². The summed E-state index contributed by atoms with van der Waals surface area (Å²) < 4.78 is 21.3. The van der Waals surface area contributed by atoms with E-state index in [9.17, 15) is 9.59 Å². The average Bonchev–Trinajstić information content (AvgIpc) is 3.13. The molecule has 0 bridgehead atoms. The summed E-state index contributed by atoms with van der Waals surface area (Å²) in [6.07, 6.45) is 3.79. The zero-order chi connectivity index (χ0) is 23.3. The Morgan fingerprint density at radius 2 is 1.84 bits per heavy atom. The van der Waals surface area contributed by atoms with Crippen LogP contribution < -0.4 is 19.5 Å². The number of nitrogens with zero attached hydrogens (tertiary/aromatic N) is 1. The number of hydrogen-bond donors (Lipinski definition) is 1. The fourth-order valence-corrected chi connectivity index (χ4v) is 4.88. The van der Waals surface area contributed by atoms with Gasteiger partial charge in [0.25, 0.3) is 0 Å². The molecule has 0 radical (unpaired) electrons. The van der Waals surface area contributed by atoms with Crippen LogP contribution in [-0.2, 0) is 22.5 Å². The van der Waals surface area contributed by atoms with E-state index in [0.29, 0.717) is 33.4 Å². The van der Waals surface area contributed by atoms with Crippen LogP contribution in [-0.4, -0.2) is 58.3 Å². The maximum atomic E-state index is 12.7. The molecule has 0 aliphatic carbocycles. The van der Waals surface area contributed by atoms with E-state index in [4.69, 9.17) is 18.9 Å². The SMILES string of the molecule is CCOC(=O)c1c(NC(=O)/C=C/c2cc(OC)c(OC)c(OC)c2)sc2c1CCN(C)C2. The first kappa shape index (κ1) is 23.6. The molecule has 172 valence electrons. The minimum atomic E-state index is -0.404. The molecule has 1 aromatic heterocycles. The zero-order valence-corrected chi connectivity index (χ0v) is 19.8. The lowest BCUT2D eigenvalue weighted by molar-refractivity contribution is -0.111. The molecule has 2 aromatic rings. The summed E-state index contributed by atoms with van der Waals surface area (Å²) in [6.45, 7) is 3.63. The smallest absolute Gasteiger partial charge is 0.341 e. The summed E-state index contributed by atoms with van der Waals surface area (Å²) in [6, 6.07) is 3.49. The molecule has 1 amide bonds. The molecule has 1 aliphatic heterocycles. The Morgan fingerprint density at radius 3 is 2.44 bits per heavy atom. The molecule has 9 heteroatoms. The number of likely N-dealkylation sites (N-methyl/N-ethyl adjacent to an activating group) is 1. The molecule has 1 N–H and O–H groups in total. The van der Waals surface area contributed by atoms with Crippen molar-refractivity contribution in [2.75, 3.05) is 46.8 Å². The van der Waals surface area contributed by atoms with Crippen LogP contribution in [0.15, 0.2) is 18.2 Å². The molecule has 8 nitrogen and oxygen atoms in total. The third kappa shape index (κ3) is 5.05. The molecule has 32 heavy (non-hydrogen) atoms. The van der Waals surface area contributed by atoms with Gasteiger partial charge in [0.2, 0.25) is 11.7 Å². The van der Waals surface area contributed by atoms with Gasteiger partial charge in [0, 0.05) is 24.0 Å². The lowest BCUT2D eigenvalue weighted by Gasteiger charge is -2.22. The molecule has 1 aromatic carbocycles. The van der Waals surface area contributed by atoms with Gasteiger partial charge in [-0.05, 0) is 49.7 Å². The minimum absolute atomic E-state index is 0.276. The molecular formula is C23H28N2O6S. The summed E-state index contributed by atoms with van der Waals surface area (Å²) in [5.74, 6) is 0.706. The van der Waals surface area contributed by atoms with Crippen molar-refractivity contribution in [3.05, 3.63) is 39.8 Å². The number of ether oxygens (including phenoxy) is 4. The predicted molar refractivity (Wildman–Crippen MR) is 124 cm³/mol. The van der Waals surface area contributed by atoms with E-state index in [1.54, 1.807) is 25.1 Å². The van der Waals surface area contributed by atoms with Crippen LogP contribution in [0.3, 0.4) is 0 Å². The quantitative estimate of drug-likeness (QED) is 0.476. The van der Waals surface area contributed by atoms with E-state index in [-0.39, 0.29) is 12.5 Å². The Balaban J connectivity index is 1.85. The Hall–Kier alpha value is -3.04. The van der Waals surface area contributed by atoms with E-state index in [1.807, 2.05) is 7.05 Å². The second-order valence-electron chi connectivity index (χ2n) is 7.20. The average molecular weight is 461 g/mol. The molecule has 1 aliphatic rings. The van der Waals surface area contributed by atoms with E-state index >= 15 is 0 Å². The van der Waals surface area contributed by atoms with E-state index in [2.05, 4.69) is 10.2 Å². The fraction of sp³-hybridized carbons (Fsp3) is 0.391. The Morgan fingerprint density at radius 1 is 1.16 bits per heavy atom. The summed E-state index contributed by atoms with van der Waals surface area (Å²) in [7, 11) is 6.63. The summed E-state index contributed by atoms with van der Waals surface area (Å²) in [4.78, 5) is 28.5. The summed E-state index contributed by atoms with van der Waals surface area (Å²) >= 11 is 1.42. The number of carbonyl (C=O) groups excluding carboxylic acids is 2. The maximum absolute atomic E-state index is 12.7.